The Kier molecular flexibility index (Phi) is 9.32. The largest absolute Gasteiger partial charge is 0.394 e. The first-order valence-electron chi connectivity index (χ1n) is 14.7. The third-order valence-electron chi connectivity index (χ3n) is 8.75. The Hall–Kier alpha value is -3.24. The molecule has 0 radical (unpaired) electrons. The van der Waals surface area contributed by atoms with Crippen LogP contribution in [0.25, 0.3) is 0 Å². The van der Waals surface area contributed by atoms with E-state index in [2.05, 4.69) is 10.6 Å². The number of halogens is 1. The minimum absolute atomic E-state index is 0.00192. The Balaban J connectivity index is 1.28. The number of aliphatic hydroxyl groups is 2. The fourth-order valence-electron chi connectivity index (χ4n) is 6.26. The van der Waals surface area contributed by atoms with Crippen LogP contribution in [0.4, 0.5) is 11.4 Å². The van der Waals surface area contributed by atoms with E-state index in [1.807, 2.05) is 24.3 Å². The van der Waals surface area contributed by atoms with Crippen molar-refractivity contribution in [2.45, 2.75) is 57.2 Å². The van der Waals surface area contributed by atoms with Gasteiger partial charge in [-0.05, 0) is 68.1 Å². The highest BCUT2D eigenvalue weighted by Crippen LogP contribution is 2.46. The molecule has 0 aliphatic carbocycles. The van der Waals surface area contributed by atoms with Crippen molar-refractivity contribution in [3.63, 3.8) is 0 Å². The molecule has 3 amide bonds. The maximum atomic E-state index is 13.8. The van der Waals surface area contributed by atoms with E-state index >= 15 is 0 Å². The Morgan fingerprint density at radius 3 is 2.69 bits per heavy atom. The molecule has 2 fully saturated rings. The lowest BCUT2D eigenvalue weighted by Gasteiger charge is -2.28. The number of hydrogen-bond donors (Lipinski definition) is 4. The number of anilines is 2. The molecule has 3 heterocycles. The van der Waals surface area contributed by atoms with Crippen molar-refractivity contribution in [3.8, 4) is 0 Å². The number of aliphatic hydroxyl groups excluding tert-OH is 1. The third-order valence-corrected chi connectivity index (χ3v) is 8.98. The first-order valence-corrected chi connectivity index (χ1v) is 15.1. The molecule has 2 aromatic carbocycles. The van der Waals surface area contributed by atoms with Gasteiger partial charge in [-0.3, -0.25) is 14.4 Å². The molecule has 224 valence electrons. The van der Waals surface area contributed by atoms with Crippen molar-refractivity contribution in [2.75, 3.05) is 36.5 Å². The van der Waals surface area contributed by atoms with Crippen LogP contribution in [-0.2, 0) is 26.5 Å². The fourth-order valence-corrected chi connectivity index (χ4v) is 6.43. The van der Waals surface area contributed by atoms with Crippen LogP contribution < -0.4 is 15.5 Å². The van der Waals surface area contributed by atoms with Crippen LogP contribution >= 0.6 is 11.6 Å². The lowest BCUT2D eigenvalue weighted by molar-refractivity contribution is -0.139. The highest BCUT2D eigenvalue weighted by molar-refractivity contribution is 6.31. The molecule has 3 aliphatic rings. The predicted molar refractivity (Wildman–Crippen MR) is 162 cm³/mol. The second-order valence-electron chi connectivity index (χ2n) is 11.5. The topological polar surface area (TPSA) is 122 Å². The van der Waals surface area contributed by atoms with Crippen molar-refractivity contribution in [2.24, 2.45) is 11.8 Å². The molecule has 2 aromatic rings. The Labute approximate surface area is 251 Å². The summed E-state index contributed by atoms with van der Waals surface area (Å²) in [7, 11) is 0. The maximum absolute atomic E-state index is 13.8. The van der Waals surface area contributed by atoms with Crippen LogP contribution in [0.1, 0.15) is 50.2 Å². The third kappa shape index (κ3) is 6.10. The number of carbonyl (C=O) groups excluding carboxylic acids is 3. The van der Waals surface area contributed by atoms with E-state index in [4.69, 9.17) is 11.6 Å². The van der Waals surface area contributed by atoms with Crippen LogP contribution in [-0.4, -0.2) is 65.1 Å². The summed E-state index contributed by atoms with van der Waals surface area (Å²) in [6, 6.07) is 12.3. The van der Waals surface area contributed by atoms with Crippen molar-refractivity contribution in [3.05, 3.63) is 70.8 Å². The van der Waals surface area contributed by atoms with Crippen LogP contribution in [0.2, 0.25) is 5.02 Å². The van der Waals surface area contributed by atoms with Gasteiger partial charge in [-0.15, -0.1) is 0 Å². The Morgan fingerprint density at radius 1 is 1.19 bits per heavy atom. The number of piperidine rings is 1. The van der Waals surface area contributed by atoms with E-state index in [-0.39, 0.29) is 43.3 Å². The van der Waals surface area contributed by atoms with E-state index < -0.39 is 17.4 Å². The SMILES string of the molecule is C[C@@H](/C=C/CC(=O)N1CCC[C@H]1CO)[C@]1(O)C(=O)N(Cc2ccc(NC(=O)C3CCCNC3)cc2)c2ccc(Cl)cc21. The summed E-state index contributed by atoms with van der Waals surface area (Å²) >= 11 is 6.30. The highest BCUT2D eigenvalue weighted by Gasteiger charge is 2.52. The van der Waals surface area contributed by atoms with Gasteiger partial charge in [0.15, 0.2) is 5.60 Å². The highest BCUT2D eigenvalue weighted by atomic mass is 35.5. The number of nitrogens with zero attached hydrogens (tertiary/aromatic N) is 2. The van der Waals surface area contributed by atoms with E-state index in [1.165, 1.54) is 0 Å². The Morgan fingerprint density at radius 2 is 1.98 bits per heavy atom. The number of likely N-dealkylation sites (tertiary alicyclic amines) is 1. The quantitative estimate of drug-likeness (QED) is 0.329. The van der Waals surface area contributed by atoms with E-state index in [0.717, 1.165) is 37.8 Å². The summed E-state index contributed by atoms with van der Waals surface area (Å²) < 4.78 is 0. The van der Waals surface area contributed by atoms with Gasteiger partial charge in [0.25, 0.3) is 5.91 Å². The second kappa shape index (κ2) is 13.0. The number of amides is 3. The lowest BCUT2D eigenvalue weighted by atomic mass is 9.83. The summed E-state index contributed by atoms with van der Waals surface area (Å²) in [6.07, 6.45) is 7.02. The van der Waals surface area contributed by atoms with E-state index in [0.29, 0.717) is 35.1 Å². The monoisotopic (exact) mass is 594 g/mol. The van der Waals surface area contributed by atoms with Gasteiger partial charge < -0.3 is 30.6 Å². The molecule has 42 heavy (non-hydrogen) atoms. The molecule has 2 saturated heterocycles. The average Bonchev–Trinajstić information content (AvgIpc) is 3.56. The van der Waals surface area contributed by atoms with Crippen molar-refractivity contribution in [1.29, 1.82) is 0 Å². The zero-order chi connectivity index (χ0) is 29.9. The standard InChI is InChI=1S/C32H39ClN4O5/c1-21(5-2-8-29(39)36-16-4-7-26(36)20-38)32(42)27-17-24(33)11-14-28(27)37(31(32)41)19-22-9-12-25(13-10-22)35-30(40)23-6-3-15-34-18-23/h2,5,9-14,17,21,23,26,34,38,42H,3-4,6-8,15-16,18-20H2,1H3,(H,35,40)/b5-2+/t21-,23?,26-,32+/m0/s1. The van der Waals surface area contributed by atoms with Crippen LogP contribution in [0.5, 0.6) is 0 Å². The number of hydrogen-bond acceptors (Lipinski definition) is 6. The first kappa shape index (κ1) is 30.2. The van der Waals surface area contributed by atoms with Crippen LogP contribution in [0.15, 0.2) is 54.6 Å². The van der Waals surface area contributed by atoms with Crippen molar-refractivity contribution >= 4 is 40.7 Å². The predicted octanol–water partition coefficient (Wildman–Crippen LogP) is 3.58. The number of nitrogens with one attached hydrogen (secondary N) is 2. The molecule has 0 bridgehead atoms. The molecule has 9 nitrogen and oxygen atoms in total. The number of rotatable bonds is 9. The lowest BCUT2D eigenvalue weighted by Crippen LogP contribution is -2.44. The molecule has 5 rings (SSSR count). The van der Waals surface area contributed by atoms with Crippen molar-refractivity contribution in [1.82, 2.24) is 10.2 Å². The normalized spacial score (nSPS) is 24.7. The van der Waals surface area contributed by atoms with Gasteiger partial charge in [-0.1, -0.05) is 42.8 Å². The molecule has 1 unspecified atom stereocenters. The van der Waals surface area contributed by atoms with Gasteiger partial charge in [0.2, 0.25) is 11.8 Å². The molecule has 4 N–H and O–H groups in total. The molecule has 10 heteroatoms. The summed E-state index contributed by atoms with van der Waals surface area (Å²) in [4.78, 5) is 42.4. The van der Waals surface area contributed by atoms with E-state index in [9.17, 15) is 24.6 Å². The van der Waals surface area contributed by atoms with Crippen LogP contribution in [0.3, 0.4) is 0 Å². The summed E-state index contributed by atoms with van der Waals surface area (Å²) in [5.74, 6) is -1.24. The molecule has 0 saturated carbocycles. The maximum Gasteiger partial charge on any atom is 0.264 e. The molecule has 3 aliphatic heterocycles. The van der Waals surface area contributed by atoms with Gasteiger partial charge in [0.05, 0.1) is 30.8 Å². The average molecular weight is 595 g/mol. The summed E-state index contributed by atoms with van der Waals surface area (Å²) in [6.45, 7) is 4.17. The summed E-state index contributed by atoms with van der Waals surface area (Å²) in [5.41, 5.74) is 0.673. The van der Waals surface area contributed by atoms with Gasteiger partial charge in [-0.2, -0.15) is 0 Å². The zero-order valence-corrected chi connectivity index (χ0v) is 24.6. The summed E-state index contributed by atoms with van der Waals surface area (Å²) in [5, 5.41) is 28.1. The minimum atomic E-state index is -1.86. The van der Waals surface area contributed by atoms with Gasteiger partial charge in [-0.25, -0.2) is 0 Å². The van der Waals surface area contributed by atoms with Gasteiger partial charge in [0.1, 0.15) is 0 Å². The number of benzene rings is 2. The number of carbonyl (C=O) groups is 3. The van der Waals surface area contributed by atoms with Crippen LogP contribution in [0, 0.1) is 11.8 Å². The Bertz CT molecular complexity index is 1340. The van der Waals surface area contributed by atoms with Gasteiger partial charge in [0, 0.05) is 41.7 Å². The van der Waals surface area contributed by atoms with Crippen molar-refractivity contribution < 1.29 is 24.6 Å². The van der Waals surface area contributed by atoms with E-state index in [1.54, 1.807) is 47.1 Å². The zero-order valence-electron chi connectivity index (χ0n) is 23.9. The molecule has 4 atom stereocenters. The second-order valence-corrected chi connectivity index (χ2v) is 12.0. The smallest absolute Gasteiger partial charge is 0.264 e. The molecular formula is C32H39ClN4O5. The minimum Gasteiger partial charge on any atom is -0.394 e. The molecule has 0 spiro atoms. The fraction of sp³-hybridized carbons (Fsp3) is 0.469. The van der Waals surface area contributed by atoms with Gasteiger partial charge >= 0.3 is 0 Å². The number of fused-ring (bicyclic) bond motifs is 1. The molecule has 0 aromatic heterocycles. The first-order chi connectivity index (χ1) is 20.2. The molecular weight excluding hydrogens is 556 g/mol.